The maximum absolute atomic E-state index is 13.1. The minimum Gasteiger partial charge on any atom is -0.306 e. The lowest BCUT2D eigenvalue weighted by Gasteiger charge is -2.21. The van der Waals surface area contributed by atoms with Gasteiger partial charge in [-0.3, -0.25) is 9.78 Å². The SMILES string of the molecule is CC1CCN(C(=O)c2csc(-c3ccccn3)n2)c2ccccc2S1. The molecule has 4 rings (SSSR count). The van der Waals surface area contributed by atoms with Crippen LogP contribution in [-0.4, -0.2) is 27.7 Å². The van der Waals surface area contributed by atoms with Crippen molar-refractivity contribution in [2.75, 3.05) is 11.4 Å². The molecule has 0 aliphatic carbocycles. The second kappa shape index (κ2) is 6.98. The monoisotopic (exact) mass is 367 g/mol. The van der Waals surface area contributed by atoms with E-state index in [-0.39, 0.29) is 5.91 Å². The van der Waals surface area contributed by atoms with E-state index in [1.54, 1.807) is 6.20 Å². The highest BCUT2D eigenvalue weighted by Crippen LogP contribution is 2.38. The third-order valence-electron chi connectivity index (χ3n) is 4.10. The van der Waals surface area contributed by atoms with Crippen molar-refractivity contribution in [1.82, 2.24) is 9.97 Å². The molecular formula is C19H17N3OS2. The number of amides is 1. The number of hydrogen-bond donors (Lipinski definition) is 0. The van der Waals surface area contributed by atoms with E-state index in [4.69, 9.17) is 0 Å². The van der Waals surface area contributed by atoms with E-state index in [1.165, 1.54) is 11.3 Å². The number of rotatable bonds is 2. The molecule has 0 bridgehead atoms. The molecule has 1 atom stereocenters. The smallest absolute Gasteiger partial charge is 0.277 e. The van der Waals surface area contributed by atoms with Gasteiger partial charge < -0.3 is 4.90 Å². The second-order valence-electron chi connectivity index (χ2n) is 5.89. The van der Waals surface area contributed by atoms with Crippen LogP contribution in [0.1, 0.15) is 23.8 Å². The van der Waals surface area contributed by atoms with Crippen molar-refractivity contribution in [2.24, 2.45) is 0 Å². The predicted molar refractivity (Wildman–Crippen MR) is 103 cm³/mol. The molecule has 1 aliphatic rings. The summed E-state index contributed by atoms with van der Waals surface area (Å²) < 4.78 is 0. The molecule has 0 saturated carbocycles. The summed E-state index contributed by atoms with van der Waals surface area (Å²) in [7, 11) is 0. The number of carbonyl (C=O) groups excluding carboxylic acids is 1. The zero-order valence-corrected chi connectivity index (χ0v) is 15.4. The Morgan fingerprint density at radius 2 is 2.04 bits per heavy atom. The van der Waals surface area contributed by atoms with Crippen LogP contribution < -0.4 is 4.90 Å². The molecule has 1 aliphatic heterocycles. The Morgan fingerprint density at radius 3 is 2.88 bits per heavy atom. The maximum Gasteiger partial charge on any atom is 0.277 e. The first kappa shape index (κ1) is 16.3. The number of anilines is 1. The number of thioether (sulfide) groups is 1. The van der Waals surface area contributed by atoms with Gasteiger partial charge in [0.25, 0.3) is 5.91 Å². The fourth-order valence-corrected chi connectivity index (χ4v) is 4.70. The van der Waals surface area contributed by atoms with Gasteiger partial charge in [-0.05, 0) is 30.7 Å². The van der Waals surface area contributed by atoms with Crippen molar-refractivity contribution >= 4 is 34.7 Å². The number of carbonyl (C=O) groups is 1. The third kappa shape index (κ3) is 3.32. The van der Waals surface area contributed by atoms with Crippen molar-refractivity contribution in [3.05, 3.63) is 59.7 Å². The number of benzene rings is 1. The molecule has 3 aromatic rings. The Hall–Kier alpha value is -2.18. The van der Waals surface area contributed by atoms with Gasteiger partial charge in [-0.2, -0.15) is 0 Å². The highest BCUT2D eigenvalue weighted by molar-refractivity contribution is 8.00. The Kier molecular flexibility index (Phi) is 4.55. The molecule has 0 spiro atoms. The minimum atomic E-state index is -0.0411. The van der Waals surface area contributed by atoms with Gasteiger partial charge in [-0.1, -0.05) is 25.1 Å². The van der Waals surface area contributed by atoms with Crippen LogP contribution in [0, 0.1) is 0 Å². The summed E-state index contributed by atoms with van der Waals surface area (Å²) >= 11 is 3.29. The molecule has 25 heavy (non-hydrogen) atoms. The maximum atomic E-state index is 13.1. The highest BCUT2D eigenvalue weighted by Gasteiger charge is 2.26. The van der Waals surface area contributed by atoms with Crippen LogP contribution >= 0.6 is 23.1 Å². The molecular weight excluding hydrogens is 350 g/mol. The number of thiazole rings is 1. The first-order chi connectivity index (χ1) is 12.2. The quantitative estimate of drug-likeness (QED) is 0.656. The van der Waals surface area contributed by atoms with Gasteiger partial charge in [0.05, 0.1) is 11.4 Å². The van der Waals surface area contributed by atoms with Gasteiger partial charge >= 0.3 is 0 Å². The number of pyridine rings is 1. The van der Waals surface area contributed by atoms with E-state index in [2.05, 4.69) is 23.0 Å². The van der Waals surface area contributed by atoms with E-state index in [1.807, 2.05) is 58.4 Å². The largest absolute Gasteiger partial charge is 0.306 e. The lowest BCUT2D eigenvalue weighted by Crippen LogP contribution is -2.32. The molecule has 126 valence electrons. The Morgan fingerprint density at radius 1 is 1.20 bits per heavy atom. The molecule has 1 amide bonds. The molecule has 4 nitrogen and oxygen atoms in total. The summed E-state index contributed by atoms with van der Waals surface area (Å²) in [6.45, 7) is 2.91. The third-order valence-corrected chi connectivity index (χ3v) is 6.20. The van der Waals surface area contributed by atoms with Gasteiger partial charge in [0.1, 0.15) is 10.7 Å². The number of fused-ring (bicyclic) bond motifs is 1. The van der Waals surface area contributed by atoms with Crippen LogP contribution in [0.5, 0.6) is 0 Å². The highest BCUT2D eigenvalue weighted by atomic mass is 32.2. The van der Waals surface area contributed by atoms with Crippen molar-refractivity contribution in [3.8, 4) is 10.7 Å². The van der Waals surface area contributed by atoms with Crippen LogP contribution in [0.25, 0.3) is 10.7 Å². The number of hydrogen-bond acceptors (Lipinski definition) is 5. The standard InChI is InChI=1S/C19H17N3OS2/c1-13-9-11-22(16-7-2-3-8-17(16)25-13)19(23)15-12-24-18(21-15)14-6-4-5-10-20-14/h2-8,10,12-13H,9,11H2,1H3. The Labute approximate surface area is 154 Å². The Bertz CT molecular complexity index is 894. The summed E-state index contributed by atoms with van der Waals surface area (Å²) in [4.78, 5) is 25.0. The summed E-state index contributed by atoms with van der Waals surface area (Å²) in [5, 5.41) is 3.09. The number of aromatic nitrogens is 2. The van der Waals surface area contributed by atoms with Crippen molar-refractivity contribution in [1.29, 1.82) is 0 Å². The van der Waals surface area contributed by atoms with E-state index < -0.39 is 0 Å². The predicted octanol–water partition coefficient (Wildman–Crippen LogP) is 4.74. The molecule has 6 heteroatoms. The lowest BCUT2D eigenvalue weighted by atomic mass is 10.2. The summed E-state index contributed by atoms with van der Waals surface area (Å²) in [5.41, 5.74) is 2.27. The van der Waals surface area contributed by atoms with Gasteiger partial charge in [0.15, 0.2) is 0 Å². The van der Waals surface area contributed by atoms with E-state index in [0.717, 1.165) is 27.7 Å². The molecule has 2 aromatic heterocycles. The zero-order chi connectivity index (χ0) is 17.2. The van der Waals surface area contributed by atoms with Gasteiger partial charge in [0.2, 0.25) is 0 Å². The molecule has 0 radical (unpaired) electrons. The van der Waals surface area contributed by atoms with Gasteiger partial charge in [-0.25, -0.2) is 4.98 Å². The van der Waals surface area contributed by atoms with Crippen LogP contribution in [0.2, 0.25) is 0 Å². The molecule has 0 N–H and O–H groups in total. The molecule has 1 unspecified atom stereocenters. The summed E-state index contributed by atoms with van der Waals surface area (Å²) in [6.07, 6.45) is 2.70. The van der Waals surface area contributed by atoms with Crippen LogP contribution in [0.15, 0.2) is 58.9 Å². The topological polar surface area (TPSA) is 46.1 Å². The summed E-state index contributed by atoms with van der Waals surface area (Å²) in [5.74, 6) is -0.0411. The average molecular weight is 367 g/mol. The normalized spacial score (nSPS) is 17.0. The number of nitrogens with zero attached hydrogens (tertiary/aromatic N) is 3. The number of para-hydroxylation sites is 1. The first-order valence-corrected chi connectivity index (χ1v) is 9.93. The fourth-order valence-electron chi connectivity index (χ4n) is 2.81. The first-order valence-electron chi connectivity index (χ1n) is 8.17. The van der Waals surface area contributed by atoms with Crippen LogP contribution in [0.3, 0.4) is 0 Å². The van der Waals surface area contributed by atoms with E-state index in [9.17, 15) is 4.79 Å². The van der Waals surface area contributed by atoms with Crippen molar-refractivity contribution in [2.45, 2.75) is 23.5 Å². The van der Waals surface area contributed by atoms with E-state index >= 15 is 0 Å². The van der Waals surface area contributed by atoms with Gasteiger partial charge in [-0.15, -0.1) is 23.1 Å². The molecule has 3 heterocycles. The van der Waals surface area contributed by atoms with E-state index in [0.29, 0.717) is 17.5 Å². The fraction of sp³-hybridized carbons (Fsp3) is 0.211. The van der Waals surface area contributed by atoms with Crippen molar-refractivity contribution in [3.63, 3.8) is 0 Å². The molecule has 0 saturated heterocycles. The minimum absolute atomic E-state index is 0.0411. The molecule has 1 aromatic carbocycles. The van der Waals surface area contributed by atoms with Crippen LogP contribution in [0.4, 0.5) is 5.69 Å². The molecule has 0 fully saturated rings. The lowest BCUT2D eigenvalue weighted by molar-refractivity contribution is 0.0982. The second-order valence-corrected chi connectivity index (χ2v) is 8.23. The zero-order valence-electron chi connectivity index (χ0n) is 13.8. The van der Waals surface area contributed by atoms with Crippen molar-refractivity contribution < 1.29 is 4.79 Å². The average Bonchev–Trinajstić information content (AvgIpc) is 3.07. The summed E-state index contributed by atoms with van der Waals surface area (Å²) in [6, 6.07) is 13.8. The van der Waals surface area contributed by atoms with Crippen LogP contribution in [-0.2, 0) is 0 Å². The van der Waals surface area contributed by atoms with Gasteiger partial charge in [0, 0.05) is 28.3 Å². The Balaban J connectivity index is 1.66.